The second kappa shape index (κ2) is 8.17. The first-order chi connectivity index (χ1) is 10.6. The van der Waals surface area contributed by atoms with E-state index in [0.29, 0.717) is 19.4 Å². The SMILES string of the molecule is C[C@@H]1[C@H](C(=O)O)CCCN1C(=O)CCSCc1ccccn1. The van der Waals surface area contributed by atoms with E-state index in [2.05, 4.69) is 4.98 Å². The molecule has 0 spiro atoms. The third-order valence-electron chi connectivity index (χ3n) is 4.06. The van der Waals surface area contributed by atoms with E-state index in [9.17, 15) is 14.7 Å². The predicted octanol–water partition coefficient (Wildman–Crippen LogP) is 2.42. The lowest BCUT2D eigenvalue weighted by molar-refractivity contribution is -0.148. The van der Waals surface area contributed by atoms with Crippen LogP contribution in [0.1, 0.15) is 31.9 Å². The van der Waals surface area contributed by atoms with Crippen LogP contribution in [0.4, 0.5) is 0 Å². The lowest BCUT2D eigenvalue weighted by Crippen LogP contribution is -2.49. The molecule has 2 heterocycles. The van der Waals surface area contributed by atoms with Crippen molar-refractivity contribution in [1.82, 2.24) is 9.88 Å². The van der Waals surface area contributed by atoms with Gasteiger partial charge in [-0.05, 0) is 31.9 Å². The molecule has 1 aliphatic rings. The Morgan fingerprint density at radius 2 is 2.27 bits per heavy atom. The first kappa shape index (κ1) is 16.8. The maximum Gasteiger partial charge on any atom is 0.308 e. The van der Waals surface area contributed by atoms with E-state index in [1.54, 1.807) is 22.9 Å². The molecule has 0 bridgehead atoms. The summed E-state index contributed by atoms with van der Waals surface area (Å²) in [6.07, 6.45) is 3.65. The number of likely N-dealkylation sites (tertiary alicyclic amines) is 1. The number of carboxylic acids is 1. The molecular formula is C16H22N2O3S. The second-order valence-corrected chi connectivity index (χ2v) is 6.64. The highest BCUT2D eigenvalue weighted by Gasteiger charge is 2.34. The highest BCUT2D eigenvalue weighted by Crippen LogP contribution is 2.24. The molecule has 0 radical (unpaired) electrons. The van der Waals surface area contributed by atoms with Gasteiger partial charge < -0.3 is 10.0 Å². The lowest BCUT2D eigenvalue weighted by Gasteiger charge is -2.37. The molecule has 5 nitrogen and oxygen atoms in total. The Morgan fingerprint density at radius 3 is 2.95 bits per heavy atom. The summed E-state index contributed by atoms with van der Waals surface area (Å²) in [7, 11) is 0. The van der Waals surface area contributed by atoms with Crippen LogP contribution in [-0.4, -0.2) is 45.2 Å². The van der Waals surface area contributed by atoms with Crippen molar-refractivity contribution in [2.45, 2.75) is 38.0 Å². The number of carbonyl (C=O) groups is 2. The molecule has 0 aliphatic carbocycles. The van der Waals surface area contributed by atoms with Crippen molar-refractivity contribution >= 4 is 23.6 Å². The van der Waals surface area contributed by atoms with Crippen molar-refractivity contribution < 1.29 is 14.7 Å². The summed E-state index contributed by atoms with van der Waals surface area (Å²) in [4.78, 5) is 29.5. The number of pyridine rings is 1. The van der Waals surface area contributed by atoms with Crippen molar-refractivity contribution in [3.05, 3.63) is 30.1 Å². The van der Waals surface area contributed by atoms with Gasteiger partial charge in [-0.25, -0.2) is 0 Å². The van der Waals surface area contributed by atoms with Gasteiger partial charge in [-0.3, -0.25) is 14.6 Å². The Kier molecular flexibility index (Phi) is 6.24. The monoisotopic (exact) mass is 322 g/mol. The van der Waals surface area contributed by atoms with Gasteiger partial charge in [0.15, 0.2) is 0 Å². The predicted molar refractivity (Wildman–Crippen MR) is 86.6 cm³/mol. The number of aliphatic carboxylic acids is 1. The minimum Gasteiger partial charge on any atom is -0.481 e. The van der Waals surface area contributed by atoms with Crippen LogP contribution in [0.5, 0.6) is 0 Å². The van der Waals surface area contributed by atoms with E-state index in [1.807, 2.05) is 25.1 Å². The summed E-state index contributed by atoms with van der Waals surface area (Å²) in [5.41, 5.74) is 1.01. The Hall–Kier alpha value is -1.56. The minimum atomic E-state index is -0.797. The average Bonchev–Trinajstić information content (AvgIpc) is 2.52. The quantitative estimate of drug-likeness (QED) is 0.815. The third-order valence-corrected chi connectivity index (χ3v) is 5.05. The fourth-order valence-corrected chi connectivity index (χ4v) is 3.63. The summed E-state index contributed by atoms with van der Waals surface area (Å²) in [5.74, 6) is 0.359. The van der Waals surface area contributed by atoms with Crippen LogP contribution in [0.2, 0.25) is 0 Å². The molecule has 1 amide bonds. The smallest absolute Gasteiger partial charge is 0.308 e. The summed E-state index contributed by atoms with van der Waals surface area (Å²) in [6, 6.07) is 5.60. The average molecular weight is 322 g/mol. The topological polar surface area (TPSA) is 70.5 Å². The highest BCUT2D eigenvalue weighted by molar-refractivity contribution is 7.98. The zero-order valence-electron chi connectivity index (χ0n) is 12.8. The molecule has 1 aliphatic heterocycles. The van der Waals surface area contributed by atoms with Crippen molar-refractivity contribution in [2.24, 2.45) is 5.92 Å². The zero-order valence-corrected chi connectivity index (χ0v) is 13.6. The van der Waals surface area contributed by atoms with E-state index in [-0.39, 0.29) is 11.9 Å². The van der Waals surface area contributed by atoms with E-state index in [4.69, 9.17) is 0 Å². The van der Waals surface area contributed by atoms with Crippen molar-refractivity contribution in [2.75, 3.05) is 12.3 Å². The number of hydrogen-bond donors (Lipinski definition) is 1. The number of thioether (sulfide) groups is 1. The standard InChI is InChI=1S/C16H22N2O3S/c1-12-14(16(20)21)6-4-9-18(12)15(19)7-10-22-11-13-5-2-3-8-17-13/h2-3,5,8,12,14H,4,6-7,9-11H2,1H3,(H,20,21)/t12-,14-/m1/s1. The van der Waals surface area contributed by atoms with Gasteiger partial charge in [0.2, 0.25) is 5.91 Å². The number of amides is 1. The van der Waals surface area contributed by atoms with Crippen molar-refractivity contribution in [3.8, 4) is 0 Å². The van der Waals surface area contributed by atoms with Gasteiger partial charge in [0, 0.05) is 36.7 Å². The lowest BCUT2D eigenvalue weighted by atomic mass is 9.90. The Bertz CT molecular complexity index is 509. The number of carboxylic acid groups (broad SMARTS) is 1. The van der Waals surface area contributed by atoms with Crippen LogP contribution >= 0.6 is 11.8 Å². The van der Waals surface area contributed by atoms with Gasteiger partial charge in [0.25, 0.3) is 0 Å². The van der Waals surface area contributed by atoms with E-state index in [1.165, 1.54) is 0 Å². The number of nitrogens with zero attached hydrogens (tertiary/aromatic N) is 2. The summed E-state index contributed by atoms with van der Waals surface area (Å²) >= 11 is 1.68. The Morgan fingerprint density at radius 1 is 1.45 bits per heavy atom. The van der Waals surface area contributed by atoms with Gasteiger partial charge in [0.05, 0.1) is 11.6 Å². The summed E-state index contributed by atoms with van der Waals surface area (Å²) < 4.78 is 0. The van der Waals surface area contributed by atoms with Gasteiger partial charge in [-0.2, -0.15) is 11.8 Å². The summed E-state index contributed by atoms with van der Waals surface area (Å²) in [5, 5.41) is 9.20. The second-order valence-electron chi connectivity index (χ2n) is 5.54. The normalized spacial score (nSPS) is 21.6. The molecule has 2 atom stereocenters. The summed E-state index contributed by atoms with van der Waals surface area (Å²) in [6.45, 7) is 2.52. The van der Waals surface area contributed by atoms with Crippen molar-refractivity contribution in [1.29, 1.82) is 0 Å². The highest BCUT2D eigenvalue weighted by atomic mass is 32.2. The van der Waals surface area contributed by atoms with Gasteiger partial charge in [0.1, 0.15) is 0 Å². The number of hydrogen-bond acceptors (Lipinski definition) is 4. The molecule has 1 N–H and O–H groups in total. The molecule has 0 aromatic carbocycles. The van der Waals surface area contributed by atoms with Gasteiger partial charge >= 0.3 is 5.97 Å². The molecule has 1 fully saturated rings. The first-order valence-electron chi connectivity index (χ1n) is 7.59. The van der Waals surface area contributed by atoms with Crippen LogP contribution < -0.4 is 0 Å². The third kappa shape index (κ3) is 4.47. The van der Waals surface area contributed by atoms with Crippen LogP contribution in [0.3, 0.4) is 0 Å². The molecule has 22 heavy (non-hydrogen) atoms. The van der Waals surface area contributed by atoms with Gasteiger partial charge in [-0.15, -0.1) is 0 Å². The fourth-order valence-electron chi connectivity index (χ4n) is 2.79. The number of rotatable bonds is 6. The molecule has 2 rings (SSSR count). The molecule has 1 saturated heterocycles. The molecule has 6 heteroatoms. The Labute approximate surface area is 135 Å². The van der Waals surface area contributed by atoms with E-state index in [0.717, 1.165) is 23.6 Å². The van der Waals surface area contributed by atoms with Crippen LogP contribution in [0, 0.1) is 5.92 Å². The molecule has 1 aromatic rings. The molecule has 120 valence electrons. The fraction of sp³-hybridized carbons (Fsp3) is 0.562. The van der Waals surface area contributed by atoms with E-state index >= 15 is 0 Å². The first-order valence-corrected chi connectivity index (χ1v) is 8.75. The number of piperidine rings is 1. The van der Waals surface area contributed by atoms with Crippen molar-refractivity contribution in [3.63, 3.8) is 0 Å². The van der Waals surface area contributed by atoms with Crippen LogP contribution in [0.15, 0.2) is 24.4 Å². The number of carbonyl (C=O) groups excluding carboxylic acids is 1. The van der Waals surface area contributed by atoms with Crippen LogP contribution in [0.25, 0.3) is 0 Å². The molecule has 1 aromatic heterocycles. The molecule has 0 saturated carbocycles. The maximum atomic E-state index is 12.3. The Balaban J connectivity index is 1.76. The minimum absolute atomic E-state index is 0.0620. The van der Waals surface area contributed by atoms with E-state index < -0.39 is 11.9 Å². The molecule has 0 unspecified atom stereocenters. The largest absolute Gasteiger partial charge is 0.481 e. The maximum absolute atomic E-state index is 12.3. The van der Waals surface area contributed by atoms with Crippen LogP contribution in [-0.2, 0) is 15.3 Å². The molecular weight excluding hydrogens is 300 g/mol. The van der Waals surface area contributed by atoms with Gasteiger partial charge in [-0.1, -0.05) is 6.07 Å². The zero-order chi connectivity index (χ0) is 15.9. The number of aromatic nitrogens is 1.